The van der Waals surface area contributed by atoms with Gasteiger partial charge in [-0.05, 0) is 0 Å². The van der Waals surface area contributed by atoms with Crippen molar-refractivity contribution < 1.29 is 9.00 Å². The number of hydrogen-bond donors (Lipinski definition) is 2. The first kappa shape index (κ1) is 10.1. The van der Waals surface area contributed by atoms with Crippen molar-refractivity contribution in [1.82, 2.24) is 20.1 Å². The molecule has 1 aromatic heterocycles. The van der Waals surface area contributed by atoms with Crippen molar-refractivity contribution in [2.45, 2.75) is 0 Å². The fraction of sp³-hybridized carbons (Fsp3) is 0.571. The first-order valence-electron chi connectivity index (χ1n) is 4.49. The lowest BCUT2D eigenvalue weighted by Gasteiger charge is -2.25. The van der Waals surface area contributed by atoms with Gasteiger partial charge in [0.15, 0.2) is 0 Å². The van der Waals surface area contributed by atoms with Crippen LogP contribution in [0.15, 0.2) is 0 Å². The van der Waals surface area contributed by atoms with Gasteiger partial charge in [0.25, 0.3) is 5.91 Å². The predicted octanol–water partition coefficient (Wildman–Crippen LogP) is -1.41. The summed E-state index contributed by atoms with van der Waals surface area (Å²) in [6.07, 6.45) is 0. The molecule has 0 bridgehead atoms. The van der Waals surface area contributed by atoms with Crippen LogP contribution in [0.1, 0.15) is 10.6 Å². The van der Waals surface area contributed by atoms with Crippen molar-refractivity contribution in [3.63, 3.8) is 0 Å². The minimum Gasteiger partial charge on any atom is -0.366 e. The van der Waals surface area contributed by atoms with E-state index in [-0.39, 0.29) is 17.7 Å². The molecule has 0 saturated carbocycles. The van der Waals surface area contributed by atoms with Crippen LogP contribution in [0.3, 0.4) is 0 Å². The molecule has 0 atom stereocenters. The minimum atomic E-state index is -0.793. The van der Waals surface area contributed by atoms with Crippen LogP contribution in [0.5, 0.6) is 0 Å². The summed E-state index contributed by atoms with van der Waals surface area (Å²) < 4.78 is 11.1. The molecule has 1 saturated heterocycles. The molecule has 82 valence electrons. The van der Waals surface area contributed by atoms with Crippen LogP contribution in [0.4, 0.5) is 5.95 Å². The maximum Gasteiger partial charge on any atom is 0.291 e. The van der Waals surface area contributed by atoms with Crippen molar-refractivity contribution in [3.8, 4) is 0 Å². The van der Waals surface area contributed by atoms with Gasteiger partial charge in [-0.15, -0.1) is 5.10 Å². The molecule has 8 heteroatoms. The Morgan fingerprint density at radius 2 is 2.13 bits per heavy atom. The maximum atomic E-state index is 11.8. The van der Waals surface area contributed by atoms with Gasteiger partial charge in [0, 0.05) is 35.4 Å². The summed E-state index contributed by atoms with van der Waals surface area (Å²) in [7, 11) is -0.793. The summed E-state index contributed by atoms with van der Waals surface area (Å²) in [6.45, 7) is 0.984. The number of amides is 1. The summed E-state index contributed by atoms with van der Waals surface area (Å²) in [6, 6.07) is 0. The SMILES string of the molecule is Nc1n[nH]c(C(=O)N2CCS(=O)CC2)n1. The van der Waals surface area contributed by atoms with Gasteiger partial charge in [-0.1, -0.05) is 0 Å². The van der Waals surface area contributed by atoms with Gasteiger partial charge >= 0.3 is 0 Å². The average Bonchev–Trinajstić information content (AvgIpc) is 2.65. The predicted molar refractivity (Wildman–Crippen MR) is 54.6 cm³/mol. The van der Waals surface area contributed by atoms with Crippen LogP contribution in [0, 0.1) is 0 Å². The molecular weight excluding hydrogens is 218 g/mol. The Balaban J connectivity index is 2.05. The van der Waals surface area contributed by atoms with E-state index in [1.54, 1.807) is 4.90 Å². The number of H-pyrrole nitrogens is 1. The Bertz CT molecular complexity index is 394. The molecule has 1 aliphatic rings. The zero-order valence-electron chi connectivity index (χ0n) is 7.97. The smallest absolute Gasteiger partial charge is 0.291 e. The first-order valence-corrected chi connectivity index (χ1v) is 5.98. The van der Waals surface area contributed by atoms with Crippen molar-refractivity contribution in [2.24, 2.45) is 0 Å². The van der Waals surface area contributed by atoms with E-state index in [0.717, 1.165) is 0 Å². The Hall–Kier alpha value is -1.44. The lowest BCUT2D eigenvalue weighted by Crippen LogP contribution is -2.42. The Kier molecular flexibility index (Phi) is 2.67. The van der Waals surface area contributed by atoms with Gasteiger partial charge < -0.3 is 10.6 Å². The van der Waals surface area contributed by atoms with Crippen LogP contribution in [0.2, 0.25) is 0 Å². The molecule has 0 aliphatic carbocycles. The monoisotopic (exact) mass is 229 g/mol. The number of nitrogens with zero attached hydrogens (tertiary/aromatic N) is 3. The van der Waals surface area contributed by atoms with E-state index in [1.165, 1.54) is 0 Å². The van der Waals surface area contributed by atoms with Gasteiger partial charge in [0.2, 0.25) is 11.8 Å². The number of nitrogens with two attached hydrogens (primary N) is 1. The zero-order chi connectivity index (χ0) is 10.8. The van der Waals surface area contributed by atoms with Crippen LogP contribution in [-0.2, 0) is 10.8 Å². The molecule has 0 spiro atoms. The summed E-state index contributed by atoms with van der Waals surface area (Å²) in [5.74, 6) is 1.00. The summed E-state index contributed by atoms with van der Waals surface area (Å²) >= 11 is 0. The molecule has 1 fully saturated rings. The second-order valence-corrected chi connectivity index (χ2v) is 4.88. The van der Waals surface area contributed by atoms with E-state index in [9.17, 15) is 9.00 Å². The molecular formula is C7H11N5O2S. The summed E-state index contributed by atoms with van der Waals surface area (Å²) in [4.78, 5) is 17.1. The molecule has 7 nitrogen and oxygen atoms in total. The van der Waals surface area contributed by atoms with Crippen LogP contribution >= 0.6 is 0 Å². The fourth-order valence-electron chi connectivity index (χ4n) is 1.36. The fourth-order valence-corrected chi connectivity index (χ4v) is 2.41. The normalized spacial score (nSPS) is 18.0. The minimum absolute atomic E-state index is 0.0546. The third kappa shape index (κ3) is 2.14. The third-order valence-corrected chi connectivity index (χ3v) is 3.45. The zero-order valence-corrected chi connectivity index (χ0v) is 8.79. The maximum absolute atomic E-state index is 11.8. The van der Waals surface area contributed by atoms with E-state index in [0.29, 0.717) is 24.6 Å². The quantitative estimate of drug-likeness (QED) is 0.615. The molecule has 0 aromatic carbocycles. The topological polar surface area (TPSA) is 105 Å². The highest BCUT2D eigenvalue weighted by Gasteiger charge is 2.23. The molecule has 2 heterocycles. The molecule has 1 amide bonds. The highest BCUT2D eigenvalue weighted by Crippen LogP contribution is 2.05. The lowest BCUT2D eigenvalue weighted by atomic mass is 10.4. The second-order valence-electron chi connectivity index (χ2n) is 3.18. The number of nitrogen functional groups attached to an aromatic ring is 1. The van der Waals surface area contributed by atoms with Gasteiger partial charge in [0.05, 0.1) is 0 Å². The lowest BCUT2D eigenvalue weighted by molar-refractivity contribution is 0.0759. The van der Waals surface area contributed by atoms with Crippen molar-refractivity contribution in [1.29, 1.82) is 0 Å². The number of aromatic amines is 1. The number of aromatic nitrogens is 3. The number of carbonyl (C=O) groups is 1. The van der Waals surface area contributed by atoms with E-state index >= 15 is 0 Å². The van der Waals surface area contributed by atoms with Gasteiger partial charge in [0.1, 0.15) is 0 Å². The van der Waals surface area contributed by atoms with E-state index < -0.39 is 10.8 Å². The average molecular weight is 229 g/mol. The van der Waals surface area contributed by atoms with Crippen LogP contribution in [0.25, 0.3) is 0 Å². The molecule has 1 aromatic rings. The Labute approximate surface area is 88.5 Å². The number of carbonyl (C=O) groups excluding carboxylic acids is 1. The third-order valence-electron chi connectivity index (χ3n) is 2.17. The van der Waals surface area contributed by atoms with Crippen LogP contribution in [-0.4, -0.2) is 54.8 Å². The largest absolute Gasteiger partial charge is 0.366 e. The van der Waals surface area contributed by atoms with E-state index in [2.05, 4.69) is 15.2 Å². The van der Waals surface area contributed by atoms with Gasteiger partial charge in [-0.25, -0.2) is 0 Å². The Morgan fingerprint density at radius 1 is 1.47 bits per heavy atom. The summed E-state index contributed by atoms with van der Waals surface area (Å²) in [5, 5.41) is 6.04. The van der Waals surface area contributed by atoms with Crippen LogP contribution < -0.4 is 5.73 Å². The molecule has 0 unspecified atom stereocenters. The highest BCUT2D eigenvalue weighted by atomic mass is 32.2. The summed E-state index contributed by atoms with van der Waals surface area (Å²) in [5.41, 5.74) is 5.30. The van der Waals surface area contributed by atoms with E-state index in [1.807, 2.05) is 0 Å². The number of rotatable bonds is 1. The number of anilines is 1. The van der Waals surface area contributed by atoms with Gasteiger partial charge in [-0.3, -0.25) is 14.1 Å². The number of hydrogen-bond acceptors (Lipinski definition) is 5. The van der Waals surface area contributed by atoms with Crippen molar-refractivity contribution in [2.75, 3.05) is 30.3 Å². The first-order chi connectivity index (χ1) is 7.16. The molecule has 3 N–H and O–H groups in total. The molecule has 2 rings (SSSR count). The Morgan fingerprint density at radius 3 is 2.67 bits per heavy atom. The standard InChI is InChI=1S/C7H11N5O2S/c8-7-9-5(10-11-7)6(13)12-1-3-15(14)4-2-12/h1-4H2,(H3,8,9,10,11). The second kappa shape index (κ2) is 3.97. The molecule has 1 aliphatic heterocycles. The number of nitrogens with one attached hydrogen (secondary N) is 1. The van der Waals surface area contributed by atoms with Crippen molar-refractivity contribution >= 4 is 22.7 Å². The van der Waals surface area contributed by atoms with Gasteiger partial charge in [-0.2, -0.15) is 4.98 Å². The molecule has 0 radical (unpaired) electrons. The molecule has 15 heavy (non-hydrogen) atoms. The van der Waals surface area contributed by atoms with Crippen molar-refractivity contribution in [3.05, 3.63) is 5.82 Å². The van der Waals surface area contributed by atoms with E-state index in [4.69, 9.17) is 5.73 Å². The highest BCUT2D eigenvalue weighted by molar-refractivity contribution is 7.85.